The quantitative estimate of drug-likeness (QED) is 0.811. The first kappa shape index (κ1) is 15.9. The minimum Gasteiger partial charge on any atom is -0.494 e. The van der Waals surface area contributed by atoms with Gasteiger partial charge in [-0.1, -0.05) is 29.3 Å². The van der Waals surface area contributed by atoms with Crippen LogP contribution in [0.15, 0.2) is 18.2 Å². The van der Waals surface area contributed by atoms with E-state index in [1.807, 2.05) is 45.9 Å². The van der Waals surface area contributed by atoms with E-state index in [2.05, 4.69) is 10.3 Å². The van der Waals surface area contributed by atoms with Crippen molar-refractivity contribution >= 4 is 34.6 Å². The minimum atomic E-state index is 0.532. The number of hydrogen-bond acceptors (Lipinski definition) is 3. The summed E-state index contributed by atoms with van der Waals surface area (Å²) >= 11 is 12.6. The highest BCUT2D eigenvalue weighted by Gasteiger charge is 2.13. The topological polar surface area (TPSA) is 34.1 Å². The first-order valence-electron chi connectivity index (χ1n) is 6.76. The van der Waals surface area contributed by atoms with Crippen LogP contribution < -0.4 is 10.1 Å². The number of hydrogen-bond donors (Lipinski definition) is 1. The van der Waals surface area contributed by atoms with E-state index in [4.69, 9.17) is 27.9 Å². The molecule has 0 atom stereocenters. The van der Waals surface area contributed by atoms with Crippen molar-refractivity contribution < 1.29 is 4.74 Å². The van der Waals surface area contributed by atoms with Crippen LogP contribution in [0, 0.1) is 20.8 Å². The first-order chi connectivity index (χ1) is 9.93. The summed E-state index contributed by atoms with van der Waals surface area (Å²) in [7, 11) is 0. The summed E-state index contributed by atoms with van der Waals surface area (Å²) in [6, 6.07) is 5.90. The number of benzene rings is 1. The Morgan fingerprint density at radius 1 is 1.10 bits per heavy atom. The van der Waals surface area contributed by atoms with Crippen LogP contribution in [-0.2, 0) is 0 Å². The lowest BCUT2D eigenvalue weighted by Gasteiger charge is -2.15. The second-order valence-electron chi connectivity index (χ2n) is 4.82. The Hall–Kier alpha value is -1.45. The van der Waals surface area contributed by atoms with Crippen LogP contribution in [0.3, 0.4) is 0 Å². The van der Waals surface area contributed by atoms with E-state index >= 15 is 0 Å². The van der Waals surface area contributed by atoms with Gasteiger partial charge in [-0.05, 0) is 39.3 Å². The largest absolute Gasteiger partial charge is 0.494 e. The van der Waals surface area contributed by atoms with Crippen molar-refractivity contribution in [2.45, 2.75) is 27.7 Å². The predicted octanol–water partition coefficient (Wildman–Crippen LogP) is 5.46. The van der Waals surface area contributed by atoms with Gasteiger partial charge in [0.05, 0.1) is 33.7 Å². The van der Waals surface area contributed by atoms with Gasteiger partial charge in [-0.3, -0.25) is 4.98 Å². The van der Waals surface area contributed by atoms with E-state index in [1.54, 1.807) is 0 Å². The first-order valence-corrected chi connectivity index (χ1v) is 7.52. The zero-order valence-corrected chi connectivity index (χ0v) is 14.1. The van der Waals surface area contributed by atoms with Gasteiger partial charge in [0.25, 0.3) is 0 Å². The van der Waals surface area contributed by atoms with E-state index in [9.17, 15) is 0 Å². The Kier molecular flexibility index (Phi) is 4.96. The van der Waals surface area contributed by atoms with Crippen LogP contribution in [-0.4, -0.2) is 11.6 Å². The average Bonchev–Trinajstić information content (AvgIpc) is 2.45. The minimum absolute atomic E-state index is 0.532. The second kappa shape index (κ2) is 6.54. The molecule has 0 saturated heterocycles. The number of anilines is 2. The van der Waals surface area contributed by atoms with Crippen molar-refractivity contribution in [3.8, 4) is 5.75 Å². The maximum Gasteiger partial charge on any atom is 0.124 e. The molecule has 2 aromatic rings. The van der Waals surface area contributed by atoms with E-state index < -0.39 is 0 Å². The number of aromatic nitrogens is 1. The molecule has 5 heteroatoms. The number of aryl methyl sites for hydroxylation is 3. The molecule has 3 nitrogen and oxygen atoms in total. The number of halogens is 2. The summed E-state index contributed by atoms with van der Waals surface area (Å²) < 4.78 is 5.60. The number of nitrogens with one attached hydrogen (secondary N) is 1. The molecule has 0 aliphatic rings. The smallest absolute Gasteiger partial charge is 0.124 e. The van der Waals surface area contributed by atoms with Crippen molar-refractivity contribution in [3.05, 3.63) is 45.2 Å². The molecule has 0 aliphatic carbocycles. The second-order valence-corrected chi connectivity index (χ2v) is 5.58. The monoisotopic (exact) mass is 324 g/mol. The molecule has 1 N–H and O–H groups in total. The Morgan fingerprint density at radius 3 is 2.29 bits per heavy atom. The molecule has 21 heavy (non-hydrogen) atoms. The summed E-state index contributed by atoms with van der Waals surface area (Å²) in [6.45, 7) is 8.31. The highest BCUT2D eigenvalue weighted by atomic mass is 35.5. The van der Waals surface area contributed by atoms with Gasteiger partial charge in [-0.15, -0.1) is 0 Å². The predicted molar refractivity (Wildman–Crippen MR) is 89.4 cm³/mol. The zero-order valence-electron chi connectivity index (χ0n) is 12.6. The van der Waals surface area contributed by atoms with Crippen molar-refractivity contribution in [2.24, 2.45) is 0 Å². The number of pyridine rings is 1. The maximum atomic E-state index is 6.31. The van der Waals surface area contributed by atoms with Gasteiger partial charge in [0, 0.05) is 11.8 Å². The summed E-state index contributed by atoms with van der Waals surface area (Å²) in [5, 5.41) is 4.33. The Morgan fingerprint density at radius 2 is 1.71 bits per heavy atom. The fourth-order valence-corrected chi connectivity index (χ4v) is 2.47. The van der Waals surface area contributed by atoms with E-state index in [1.165, 1.54) is 0 Å². The lowest BCUT2D eigenvalue weighted by atomic mass is 10.2. The molecule has 1 aromatic heterocycles. The Labute approximate surface area is 135 Å². The third kappa shape index (κ3) is 3.42. The van der Waals surface area contributed by atoms with Crippen LogP contribution in [0.25, 0.3) is 0 Å². The third-order valence-electron chi connectivity index (χ3n) is 3.17. The molecule has 0 amide bonds. The van der Waals surface area contributed by atoms with Crippen LogP contribution in [0.4, 0.5) is 11.4 Å². The lowest BCUT2D eigenvalue weighted by Crippen LogP contribution is -2.00. The van der Waals surface area contributed by atoms with Crippen molar-refractivity contribution in [1.29, 1.82) is 0 Å². The molecule has 2 rings (SSSR count). The van der Waals surface area contributed by atoms with Crippen LogP contribution in [0.5, 0.6) is 5.75 Å². The number of nitrogens with zero attached hydrogens (tertiary/aromatic N) is 1. The maximum absolute atomic E-state index is 6.31. The number of rotatable bonds is 4. The highest BCUT2D eigenvalue weighted by molar-refractivity contribution is 6.39. The molecule has 1 heterocycles. The van der Waals surface area contributed by atoms with Gasteiger partial charge >= 0.3 is 0 Å². The molecule has 0 radical (unpaired) electrons. The van der Waals surface area contributed by atoms with Crippen LogP contribution >= 0.6 is 23.2 Å². The Bertz CT molecular complexity index is 646. The molecule has 0 bridgehead atoms. The fraction of sp³-hybridized carbons (Fsp3) is 0.312. The summed E-state index contributed by atoms with van der Waals surface area (Å²) in [4.78, 5) is 4.31. The molecular weight excluding hydrogens is 307 g/mol. The molecule has 1 aromatic carbocycles. The van der Waals surface area contributed by atoms with Crippen molar-refractivity contribution in [1.82, 2.24) is 4.98 Å². The highest BCUT2D eigenvalue weighted by Crippen LogP contribution is 2.36. The third-order valence-corrected chi connectivity index (χ3v) is 4.09. The summed E-state index contributed by atoms with van der Waals surface area (Å²) in [6.07, 6.45) is 0. The normalized spacial score (nSPS) is 10.6. The summed E-state index contributed by atoms with van der Waals surface area (Å²) in [5.74, 6) is 0.845. The van der Waals surface area contributed by atoms with Gasteiger partial charge in [-0.25, -0.2) is 0 Å². The lowest BCUT2D eigenvalue weighted by molar-refractivity contribution is 0.338. The molecular formula is C16H18Cl2N2O. The SMILES string of the molecule is CCOc1cc(Nc2c(Cl)c(C)nc(C)c2Cl)ccc1C. The number of ether oxygens (including phenoxy) is 1. The van der Waals surface area contributed by atoms with E-state index in [0.29, 0.717) is 22.3 Å². The van der Waals surface area contributed by atoms with E-state index in [0.717, 1.165) is 28.4 Å². The average molecular weight is 325 g/mol. The molecule has 112 valence electrons. The molecule has 0 aliphatic heterocycles. The fourth-order valence-electron chi connectivity index (χ4n) is 2.05. The van der Waals surface area contributed by atoms with Gasteiger partial charge in [0.15, 0.2) is 0 Å². The Balaban J connectivity index is 2.41. The molecule has 0 fully saturated rings. The van der Waals surface area contributed by atoms with Gasteiger partial charge in [-0.2, -0.15) is 0 Å². The zero-order chi connectivity index (χ0) is 15.6. The van der Waals surface area contributed by atoms with Crippen molar-refractivity contribution in [2.75, 3.05) is 11.9 Å². The van der Waals surface area contributed by atoms with E-state index in [-0.39, 0.29) is 0 Å². The summed E-state index contributed by atoms with van der Waals surface area (Å²) in [5.41, 5.74) is 4.13. The van der Waals surface area contributed by atoms with Gasteiger partial charge < -0.3 is 10.1 Å². The van der Waals surface area contributed by atoms with Gasteiger partial charge in [0.2, 0.25) is 0 Å². The van der Waals surface area contributed by atoms with Gasteiger partial charge in [0.1, 0.15) is 5.75 Å². The molecule has 0 spiro atoms. The van der Waals surface area contributed by atoms with Crippen molar-refractivity contribution in [3.63, 3.8) is 0 Å². The molecule has 0 unspecified atom stereocenters. The van der Waals surface area contributed by atoms with Crippen LogP contribution in [0.2, 0.25) is 10.0 Å². The molecule has 0 saturated carbocycles. The standard InChI is InChI=1S/C16H18Cl2N2O/c1-5-21-13-8-12(7-6-9(13)2)20-16-14(17)10(3)19-11(4)15(16)18/h6-8H,5H2,1-4H3,(H,19,20). The van der Waals surface area contributed by atoms with Crippen LogP contribution in [0.1, 0.15) is 23.9 Å².